The Morgan fingerprint density at radius 3 is 2.40 bits per heavy atom. The second-order valence-corrected chi connectivity index (χ2v) is 6.12. The van der Waals surface area contributed by atoms with Gasteiger partial charge in [0.2, 0.25) is 0 Å². The maximum atomic E-state index is 6.19. The van der Waals surface area contributed by atoms with Crippen molar-refractivity contribution in [3.63, 3.8) is 0 Å². The van der Waals surface area contributed by atoms with Crippen molar-refractivity contribution < 1.29 is 9.47 Å². The Balaban J connectivity index is 2.05. The predicted molar refractivity (Wildman–Crippen MR) is 82.8 cm³/mol. The van der Waals surface area contributed by atoms with Crippen LogP contribution in [0.4, 0.5) is 0 Å². The zero-order chi connectivity index (χ0) is 14.5. The highest BCUT2D eigenvalue weighted by Gasteiger charge is 2.30. The average molecular weight is 276 g/mol. The Morgan fingerprint density at radius 2 is 1.85 bits per heavy atom. The van der Waals surface area contributed by atoms with E-state index in [1.54, 1.807) is 0 Å². The molecule has 0 bridgehead atoms. The van der Waals surface area contributed by atoms with Gasteiger partial charge in [-0.25, -0.2) is 0 Å². The van der Waals surface area contributed by atoms with E-state index in [9.17, 15) is 0 Å². The molecule has 0 amide bonds. The molecule has 1 aromatic rings. The Bertz CT molecular complexity index is 396. The van der Waals surface area contributed by atoms with Gasteiger partial charge in [0, 0.05) is 11.5 Å². The third kappa shape index (κ3) is 3.62. The lowest BCUT2D eigenvalue weighted by atomic mass is 9.95. The first-order valence-corrected chi connectivity index (χ1v) is 8.02. The second-order valence-electron chi connectivity index (χ2n) is 6.12. The van der Waals surface area contributed by atoms with Gasteiger partial charge >= 0.3 is 0 Å². The van der Waals surface area contributed by atoms with Crippen molar-refractivity contribution in [1.29, 1.82) is 0 Å². The van der Waals surface area contributed by atoms with Crippen molar-refractivity contribution in [3.8, 4) is 0 Å². The summed E-state index contributed by atoms with van der Waals surface area (Å²) in [4.78, 5) is 0. The molecular formula is C18H28O2. The fraction of sp³-hybridized carbons (Fsp3) is 0.667. The predicted octanol–water partition coefficient (Wildman–Crippen LogP) is 5.05. The molecule has 1 aromatic carbocycles. The molecule has 2 heteroatoms. The van der Waals surface area contributed by atoms with Gasteiger partial charge in [-0.1, -0.05) is 58.4 Å². The molecular weight excluding hydrogens is 248 g/mol. The summed E-state index contributed by atoms with van der Waals surface area (Å²) in [7, 11) is 0. The molecule has 2 nitrogen and oxygen atoms in total. The molecule has 0 spiro atoms. The molecule has 0 N–H and O–H groups in total. The maximum absolute atomic E-state index is 6.19. The quantitative estimate of drug-likeness (QED) is 0.749. The molecule has 0 aliphatic carbocycles. The topological polar surface area (TPSA) is 18.5 Å². The fourth-order valence-electron chi connectivity index (χ4n) is 2.81. The summed E-state index contributed by atoms with van der Waals surface area (Å²) in [6.07, 6.45) is 3.58. The van der Waals surface area contributed by atoms with Crippen LogP contribution in [0.1, 0.15) is 70.3 Å². The van der Waals surface area contributed by atoms with Gasteiger partial charge < -0.3 is 9.47 Å². The van der Waals surface area contributed by atoms with Gasteiger partial charge in [0.1, 0.15) is 0 Å². The molecule has 1 fully saturated rings. The van der Waals surface area contributed by atoms with Crippen molar-refractivity contribution in [2.24, 2.45) is 5.92 Å². The van der Waals surface area contributed by atoms with E-state index in [0.29, 0.717) is 17.9 Å². The summed E-state index contributed by atoms with van der Waals surface area (Å²) in [5.74, 6) is 1.11. The van der Waals surface area contributed by atoms with Gasteiger partial charge in [0.25, 0.3) is 0 Å². The lowest BCUT2D eigenvalue weighted by Crippen LogP contribution is -2.35. The largest absolute Gasteiger partial charge is 0.348 e. The van der Waals surface area contributed by atoms with Gasteiger partial charge in [-0.15, -0.1) is 0 Å². The lowest BCUT2D eigenvalue weighted by molar-refractivity contribution is -0.243. The molecule has 1 saturated heterocycles. The number of rotatable bonds is 5. The van der Waals surface area contributed by atoms with Crippen LogP contribution in [-0.4, -0.2) is 12.7 Å². The molecule has 1 aliphatic heterocycles. The van der Waals surface area contributed by atoms with Crippen LogP contribution in [0.25, 0.3) is 0 Å². The van der Waals surface area contributed by atoms with Crippen LogP contribution >= 0.6 is 0 Å². The van der Waals surface area contributed by atoms with E-state index in [0.717, 1.165) is 25.0 Å². The smallest absolute Gasteiger partial charge is 0.184 e. The Labute approximate surface area is 123 Å². The highest BCUT2D eigenvalue weighted by molar-refractivity contribution is 5.25. The van der Waals surface area contributed by atoms with Crippen LogP contribution in [0.15, 0.2) is 24.3 Å². The first kappa shape index (κ1) is 15.5. The molecule has 112 valence electrons. The number of benzene rings is 1. The Hall–Kier alpha value is -0.860. The van der Waals surface area contributed by atoms with Crippen LogP contribution in [0.5, 0.6) is 0 Å². The number of hydrogen-bond acceptors (Lipinski definition) is 2. The second kappa shape index (κ2) is 7.24. The van der Waals surface area contributed by atoms with Crippen molar-refractivity contribution in [3.05, 3.63) is 35.4 Å². The third-order valence-electron chi connectivity index (χ3n) is 4.26. The van der Waals surface area contributed by atoms with Crippen molar-refractivity contribution in [2.75, 3.05) is 6.61 Å². The number of hydrogen-bond donors (Lipinski definition) is 0. The molecule has 20 heavy (non-hydrogen) atoms. The Morgan fingerprint density at radius 1 is 1.15 bits per heavy atom. The minimum Gasteiger partial charge on any atom is -0.348 e. The van der Waals surface area contributed by atoms with E-state index in [2.05, 4.69) is 52.0 Å². The fourth-order valence-corrected chi connectivity index (χ4v) is 2.81. The van der Waals surface area contributed by atoms with Crippen molar-refractivity contribution >= 4 is 0 Å². The van der Waals surface area contributed by atoms with Crippen molar-refractivity contribution in [2.45, 2.75) is 65.3 Å². The monoisotopic (exact) mass is 276 g/mol. The zero-order valence-electron chi connectivity index (χ0n) is 13.3. The first-order chi connectivity index (χ1) is 9.65. The molecule has 2 rings (SSSR count). The van der Waals surface area contributed by atoms with Crippen molar-refractivity contribution in [1.82, 2.24) is 0 Å². The van der Waals surface area contributed by atoms with E-state index < -0.39 is 0 Å². The SMILES string of the molecule is CCC[C@H]1O[C@@H](c2ccc(C(C)C)cc2)OC[C@H]1CC. The summed E-state index contributed by atoms with van der Waals surface area (Å²) in [5.41, 5.74) is 2.51. The summed E-state index contributed by atoms with van der Waals surface area (Å²) >= 11 is 0. The third-order valence-corrected chi connectivity index (χ3v) is 4.26. The van der Waals surface area contributed by atoms with Crippen LogP contribution in [-0.2, 0) is 9.47 Å². The summed E-state index contributed by atoms with van der Waals surface area (Å²) in [6.45, 7) is 9.69. The van der Waals surface area contributed by atoms with Crippen LogP contribution in [0, 0.1) is 5.92 Å². The lowest BCUT2D eigenvalue weighted by Gasteiger charge is -2.36. The zero-order valence-corrected chi connectivity index (χ0v) is 13.3. The minimum atomic E-state index is -0.185. The van der Waals surface area contributed by atoms with E-state index in [1.165, 1.54) is 12.0 Å². The Kier molecular flexibility index (Phi) is 5.62. The van der Waals surface area contributed by atoms with Gasteiger partial charge in [-0.05, 0) is 24.3 Å². The summed E-state index contributed by atoms with van der Waals surface area (Å²) in [5, 5.41) is 0. The van der Waals surface area contributed by atoms with E-state index >= 15 is 0 Å². The minimum absolute atomic E-state index is 0.185. The van der Waals surface area contributed by atoms with E-state index in [4.69, 9.17) is 9.47 Å². The van der Waals surface area contributed by atoms with Gasteiger partial charge in [-0.2, -0.15) is 0 Å². The number of ether oxygens (including phenoxy) is 2. The highest BCUT2D eigenvalue weighted by Crippen LogP contribution is 2.33. The average Bonchev–Trinajstić information content (AvgIpc) is 2.47. The van der Waals surface area contributed by atoms with Crippen LogP contribution < -0.4 is 0 Å². The molecule has 0 aromatic heterocycles. The molecule has 1 aliphatic rings. The van der Waals surface area contributed by atoms with Crippen LogP contribution in [0.2, 0.25) is 0 Å². The molecule has 0 unspecified atom stereocenters. The summed E-state index contributed by atoms with van der Waals surface area (Å²) in [6, 6.07) is 8.67. The molecule has 3 atom stereocenters. The van der Waals surface area contributed by atoms with Gasteiger partial charge in [0.05, 0.1) is 12.7 Å². The summed E-state index contributed by atoms with van der Waals surface area (Å²) < 4.78 is 12.1. The first-order valence-electron chi connectivity index (χ1n) is 8.02. The molecule has 1 heterocycles. The molecule has 0 radical (unpaired) electrons. The standard InChI is InChI=1S/C18H28O2/c1-5-7-17-14(6-2)12-19-18(20-17)16-10-8-15(9-11-16)13(3)4/h8-11,13-14,17-18H,5-7,12H2,1-4H3/t14-,17-,18+/m1/s1. The van der Waals surface area contributed by atoms with E-state index in [1.807, 2.05) is 0 Å². The highest BCUT2D eigenvalue weighted by atomic mass is 16.7. The molecule has 0 saturated carbocycles. The normalized spacial score (nSPS) is 26.9. The van der Waals surface area contributed by atoms with Gasteiger partial charge in [-0.3, -0.25) is 0 Å². The van der Waals surface area contributed by atoms with E-state index in [-0.39, 0.29) is 6.29 Å². The maximum Gasteiger partial charge on any atom is 0.184 e. The van der Waals surface area contributed by atoms with Gasteiger partial charge in [0.15, 0.2) is 6.29 Å². The van der Waals surface area contributed by atoms with Crippen LogP contribution in [0.3, 0.4) is 0 Å².